The van der Waals surface area contributed by atoms with E-state index in [1.807, 2.05) is 41.7 Å². The second-order valence-corrected chi connectivity index (χ2v) is 13.1. The van der Waals surface area contributed by atoms with Crippen molar-refractivity contribution < 1.29 is 4.39 Å². The van der Waals surface area contributed by atoms with Gasteiger partial charge in [0.25, 0.3) is 0 Å². The van der Waals surface area contributed by atoms with Gasteiger partial charge in [-0.3, -0.25) is 0 Å². The minimum Gasteiger partial charge on any atom is -0.311 e. The molecule has 0 amide bonds. The highest BCUT2D eigenvalue weighted by atomic mass is 32.1. The number of hydrogen-bond donors (Lipinski definition) is 0. The van der Waals surface area contributed by atoms with E-state index in [9.17, 15) is 4.39 Å². The van der Waals surface area contributed by atoms with Crippen LogP contribution in [0.4, 0.5) is 21.5 Å². The number of halogens is 1. The zero-order valence-electron chi connectivity index (χ0n) is 25.9. The maximum Gasteiger partial charge on any atom is 0.123 e. The first-order chi connectivity index (χ1) is 23.7. The van der Waals surface area contributed by atoms with Crippen LogP contribution < -0.4 is 4.90 Å². The van der Waals surface area contributed by atoms with Gasteiger partial charge < -0.3 is 9.47 Å². The molecule has 2 heterocycles. The number of nitrogens with zero attached hydrogens (tertiary/aromatic N) is 2. The molecule has 0 fully saturated rings. The van der Waals surface area contributed by atoms with Crippen molar-refractivity contribution in [1.29, 1.82) is 0 Å². The van der Waals surface area contributed by atoms with Crippen molar-refractivity contribution in [2.75, 3.05) is 4.90 Å². The molecule has 0 saturated carbocycles. The molecule has 0 spiro atoms. The molecule has 0 aliphatic heterocycles. The lowest BCUT2D eigenvalue weighted by molar-refractivity contribution is 0.628. The van der Waals surface area contributed by atoms with Crippen molar-refractivity contribution in [2.45, 2.75) is 0 Å². The van der Waals surface area contributed by atoms with E-state index < -0.39 is 0 Å². The molecule has 2 nitrogen and oxygen atoms in total. The lowest BCUT2D eigenvalue weighted by Gasteiger charge is -2.25. The molecule has 9 aromatic rings. The zero-order chi connectivity index (χ0) is 32.0. The third-order valence-electron chi connectivity index (χ3n) is 9.05. The van der Waals surface area contributed by atoms with E-state index in [0.29, 0.717) is 0 Å². The Bertz CT molecular complexity index is 2520. The molecular formula is C44H29FN2S. The zero-order valence-corrected chi connectivity index (χ0v) is 26.7. The summed E-state index contributed by atoms with van der Waals surface area (Å²) in [5, 5.41) is 3.73. The molecule has 0 atom stereocenters. The van der Waals surface area contributed by atoms with Crippen LogP contribution in [-0.4, -0.2) is 4.57 Å². The standard InChI is InChI=1S/C44H29FN2S/c45-34-19-23-38(24-20-34)46(35-10-3-1-4-11-35)37-21-15-30(16-22-37)31-17-25-41-39(27-31)40-28-33(44-29-32-9-7-8-14-43(32)48-44)18-26-42(40)47(41)36-12-5-2-6-13-36/h1-29H. The van der Waals surface area contributed by atoms with Crippen molar-refractivity contribution in [3.8, 4) is 27.3 Å². The minimum absolute atomic E-state index is 0.248. The number of fused-ring (bicyclic) bond motifs is 4. The van der Waals surface area contributed by atoms with Gasteiger partial charge in [0.05, 0.1) is 11.0 Å². The third-order valence-corrected chi connectivity index (χ3v) is 10.2. The molecule has 0 N–H and O–H groups in total. The van der Waals surface area contributed by atoms with E-state index in [1.54, 1.807) is 0 Å². The number of benzene rings is 7. The van der Waals surface area contributed by atoms with Gasteiger partial charge in [0.2, 0.25) is 0 Å². The fourth-order valence-corrected chi connectivity index (χ4v) is 7.81. The van der Waals surface area contributed by atoms with Crippen molar-refractivity contribution in [3.63, 3.8) is 0 Å². The largest absolute Gasteiger partial charge is 0.311 e. The maximum atomic E-state index is 13.8. The summed E-state index contributed by atoms with van der Waals surface area (Å²) < 4.78 is 17.5. The third kappa shape index (κ3) is 4.95. The molecule has 228 valence electrons. The van der Waals surface area contributed by atoms with Gasteiger partial charge in [-0.2, -0.15) is 0 Å². The topological polar surface area (TPSA) is 8.17 Å². The fourth-order valence-electron chi connectivity index (χ4n) is 6.75. The first-order valence-electron chi connectivity index (χ1n) is 16.0. The fraction of sp³-hybridized carbons (Fsp3) is 0. The lowest BCUT2D eigenvalue weighted by Crippen LogP contribution is -2.09. The smallest absolute Gasteiger partial charge is 0.123 e. The van der Waals surface area contributed by atoms with Crippen molar-refractivity contribution >= 4 is 60.3 Å². The summed E-state index contributed by atoms with van der Waals surface area (Å²) in [6.45, 7) is 0. The van der Waals surface area contributed by atoms with E-state index in [1.165, 1.54) is 54.5 Å². The first-order valence-corrected chi connectivity index (χ1v) is 16.9. The highest BCUT2D eigenvalue weighted by molar-refractivity contribution is 7.22. The van der Waals surface area contributed by atoms with Crippen LogP contribution in [0.25, 0.3) is 59.1 Å². The van der Waals surface area contributed by atoms with Crippen LogP contribution in [0.1, 0.15) is 0 Å². The first kappa shape index (κ1) is 28.3. The molecule has 48 heavy (non-hydrogen) atoms. The maximum absolute atomic E-state index is 13.8. The van der Waals surface area contributed by atoms with Crippen molar-refractivity contribution in [2.24, 2.45) is 0 Å². The molecule has 0 aliphatic rings. The number of hydrogen-bond acceptors (Lipinski definition) is 2. The molecule has 0 radical (unpaired) electrons. The van der Waals surface area contributed by atoms with E-state index in [-0.39, 0.29) is 5.82 Å². The lowest BCUT2D eigenvalue weighted by atomic mass is 10.0. The Morgan fingerprint density at radius 2 is 1.00 bits per heavy atom. The highest BCUT2D eigenvalue weighted by Crippen LogP contribution is 2.40. The molecule has 0 unspecified atom stereocenters. The van der Waals surface area contributed by atoms with Gasteiger partial charge in [-0.25, -0.2) is 4.39 Å². The van der Waals surface area contributed by atoms with Crippen LogP contribution in [-0.2, 0) is 0 Å². The molecule has 0 bridgehead atoms. The predicted molar refractivity (Wildman–Crippen MR) is 202 cm³/mol. The molecule has 7 aromatic carbocycles. The van der Waals surface area contributed by atoms with Crippen molar-refractivity contribution in [1.82, 2.24) is 4.57 Å². The molecule has 0 aliphatic carbocycles. The second kappa shape index (κ2) is 11.7. The van der Waals surface area contributed by atoms with Crippen molar-refractivity contribution in [3.05, 3.63) is 182 Å². The normalized spacial score (nSPS) is 11.4. The number of anilines is 3. The van der Waals surface area contributed by atoms with E-state index in [0.717, 1.165) is 33.9 Å². The number of rotatable bonds is 6. The van der Waals surface area contributed by atoms with E-state index in [2.05, 4.69) is 143 Å². The van der Waals surface area contributed by atoms with Gasteiger partial charge in [-0.05, 0) is 119 Å². The molecular weight excluding hydrogens is 608 g/mol. The highest BCUT2D eigenvalue weighted by Gasteiger charge is 2.16. The Morgan fingerprint density at radius 3 is 1.69 bits per heavy atom. The average Bonchev–Trinajstić information content (AvgIpc) is 3.73. The van der Waals surface area contributed by atoms with Gasteiger partial charge in [-0.1, -0.05) is 78.9 Å². The predicted octanol–water partition coefficient (Wildman–Crippen LogP) is 12.9. The number of thiophene rings is 1. The van der Waals surface area contributed by atoms with E-state index >= 15 is 0 Å². The molecule has 4 heteroatoms. The van der Waals surface area contributed by atoms with Crippen LogP contribution in [0.15, 0.2) is 176 Å². The van der Waals surface area contributed by atoms with E-state index in [4.69, 9.17) is 0 Å². The van der Waals surface area contributed by atoms with Gasteiger partial charge in [0.1, 0.15) is 5.82 Å². The van der Waals surface area contributed by atoms with Crippen LogP contribution in [0, 0.1) is 5.82 Å². The van der Waals surface area contributed by atoms with Crippen LogP contribution in [0.5, 0.6) is 0 Å². The van der Waals surface area contributed by atoms with Gasteiger partial charge in [0, 0.05) is 43.1 Å². The summed E-state index contributed by atoms with van der Waals surface area (Å²) in [4.78, 5) is 3.42. The molecule has 2 aromatic heterocycles. The Labute approximate surface area is 282 Å². The van der Waals surface area contributed by atoms with Crippen LogP contribution >= 0.6 is 11.3 Å². The van der Waals surface area contributed by atoms with Crippen LogP contribution in [0.2, 0.25) is 0 Å². The molecule has 9 rings (SSSR count). The summed E-state index contributed by atoms with van der Waals surface area (Å²) >= 11 is 1.84. The monoisotopic (exact) mass is 636 g/mol. The second-order valence-electron chi connectivity index (χ2n) is 12.0. The molecule has 0 saturated heterocycles. The summed E-state index contributed by atoms with van der Waals surface area (Å²) in [5.41, 5.74) is 9.95. The summed E-state index contributed by atoms with van der Waals surface area (Å²) in [6.07, 6.45) is 0. The summed E-state index contributed by atoms with van der Waals surface area (Å²) in [6, 6.07) is 60.6. The summed E-state index contributed by atoms with van der Waals surface area (Å²) in [5.74, 6) is -0.248. The average molecular weight is 637 g/mol. The van der Waals surface area contributed by atoms with Gasteiger partial charge >= 0.3 is 0 Å². The SMILES string of the molecule is Fc1ccc(N(c2ccccc2)c2ccc(-c3ccc4c(c3)c3cc(-c5cc6ccccc6s5)ccc3n4-c3ccccc3)cc2)cc1. The van der Waals surface area contributed by atoms with Gasteiger partial charge in [-0.15, -0.1) is 11.3 Å². The number of para-hydroxylation sites is 2. The Morgan fingerprint density at radius 1 is 0.458 bits per heavy atom. The minimum atomic E-state index is -0.248. The number of aromatic nitrogens is 1. The Hall–Kier alpha value is -5.97. The van der Waals surface area contributed by atoms with Gasteiger partial charge in [0.15, 0.2) is 0 Å². The van der Waals surface area contributed by atoms with Crippen LogP contribution in [0.3, 0.4) is 0 Å². The summed E-state index contributed by atoms with van der Waals surface area (Å²) in [7, 11) is 0. The quantitative estimate of drug-likeness (QED) is 0.176. The Kier molecular flexibility index (Phi) is 6.88. The Balaban J connectivity index is 1.17.